The Morgan fingerprint density at radius 2 is 2.04 bits per heavy atom. The van der Waals surface area contributed by atoms with Crippen molar-refractivity contribution < 1.29 is 19.1 Å². The van der Waals surface area contributed by atoms with Gasteiger partial charge in [-0.1, -0.05) is 27.7 Å². The molecular formula is C18H29NO4S. The molecule has 0 aromatic heterocycles. The molecule has 3 rings (SSSR count). The summed E-state index contributed by atoms with van der Waals surface area (Å²) in [4.78, 5) is 26.4. The van der Waals surface area contributed by atoms with Crippen LogP contribution in [0.25, 0.3) is 0 Å². The van der Waals surface area contributed by atoms with Gasteiger partial charge in [0.2, 0.25) is 5.91 Å². The SMILES string of the molecule is CC(C)CO[C@@H]1C[C@H](OC(=O)[C@@H]2CS[C@]3(C)CCC(=O)N23)C1(C)C. The minimum Gasteiger partial charge on any atom is -0.460 e. The summed E-state index contributed by atoms with van der Waals surface area (Å²) in [6.45, 7) is 11.2. The molecule has 3 aliphatic rings. The van der Waals surface area contributed by atoms with E-state index < -0.39 is 6.04 Å². The first-order valence-electron chi connectivity index (χ1n) is 8.93. The molecule has 1 amide bonds. The van der Waals surface area contributed by atoms with Crippen molar-refractivity contribution >= 4 is 23.6 Å². The summed E-state index contributed by atoms with van der Waals surface area (Å²) in [7, 11) is 0. The van der Waals surface area contributed by atoms with Crippen molar-refractivity contribution in [2.45, 2.75) is 77.0 Å². The van der Waals surface area contributed by atoms with E-state index in [2.05, 4.69) is 34.6 Å². The summed E-state index contributed by atoms with van der Waals surface area (Å²) >= 11 is 1.70. The van der Waals surface area contributed by atoms with Gasteiger partial charge in [-0.15, -0.1) is 11.8 Å². The largest absolute Gasteiger partial charge is 0.460 e. The number of fused-ring (bicyclic) bond motifs is 1. The lowest BCUT2D eigenvalue weighted by molar-refractivity contribution is -0.208. The lowest BCUT2D eigenvalue weighted by Gasteiger charge is -2.50. The maximum atomic E-state index is 12.7. The van der Waals surface area contributed by atoms with Crippen LogP contribution in [0.2, 0.25) is 0 Å². The van der Waals surface area contributed by atoms with Crippen molar-refractivity contribution in [1.29, 1.82) is 0 Å². The van der Waals surface area contributed by atoms with E-state index in [-0.39, 0.29) is 34.4 Å². The van der Waals surface area contributed by atoms with E-state index in [1.807, 2.05) is 0 Å². The van der Waals surface area contributed by atoms with Gasteiger partial charge in [-0.2, -0.15) is 0 Å². The van der Waals surface area contributed by atoms with E-state index in [9.17, 15) is 9.59 Å². The maximum Gasteiger partial charge on any atom is 0.330 e. The highest BCUT2D eigenvalue weighted by atomic mass is 32.2. The van der Waals surface area contributed by atoms with Crippen LogP contribution in [-0.2, 0) is 19.1 Å². The molecule has 0 aromatic rings. The van der Waals surface area contributed by atoms with Gasteiger partial charge in [0.05, 0.1) is 11.0 Å². The van der Waals surface area contributed by atoms with E-state index in [0.717, 1.165) is 19.4 Å². The number of thioether (sulfide) groups is 1. The Labute approximate surface area is 148 Å². The lowest BCUT2D eigenvalue weighted by atomic mass is 9.66. The molecule has 0 unspecified atom stereocenters. The predicted molar refractivity (Wildman–Crippen MR) is 93.6 cm³/mol. The van der Waals surface area contributed by atoms with Crippen molar-refractivity contribution in [1.82, 2.24) is 4.90 Å². The summed E-state index contributed by atoms with van der Waals surface area (Å²) in [6, 6.07) is -0.429. The number of esters is 1. The van der Waals surface area contributed by atoms with Gasteiger partial charge in [-0.25, -0.2) is 4.79 Å². The second-order valence-electron chi connectivity index (χ2n) is 8.46. The number of hydrogen-bond acceptors (Lipinski definition) is 5. The highest BCUT2D eigenvalue weighted by molar-refractivity contribution is 8.01. The lowest BCUT2D eigenvalue weighted by Crippen LogP contribution is -2.58. The molecule has 6 heteroatoms. The van der Waals surface area contributed by atoms with E-state index >= 15 is 0 Å². The first kappa shape index (κ1) is 18.1. The van der Waals surface area contributed by atoms with Crippen molar-refractivity contribution in [3.8, 4) is 0 Å². The van der Waals surface area contributed by atoms with Gasteiger partial charge in [0.1, 0.15) is 12.1 Å². The molecule has 24 heavy (non-hydrogen) atoms. The molecule has 136 valence electrons. The molecule has 2 saturated heterocycles. The van der Waals surface area contributed by atoms with Crippen LogP contribution >= 0.6 is 11.8 Å². The maximum absolute atomic E-state index is 12.7. The van der Waals surface area contributed by atoms with Gasteiger partial charge in [0.25, 0.3) is 0 Å². The van der Waals surface area contributed by atoms with Crippen LogP contribution < -0.4 is 0 Å². The van der Waals surface area contributed by atoms with E-state index in [1.54, 1.807) is 16.7 Å². The summed E-state index contributed by atoms with van der Waals surface area (Å²) in [5.41, 5.74) is -0.172. The Bertz CT molecular complexity index is 535. The van der Waals surface area contributed by atoms with Crippen molar-refractivity contribution in [2.24, 2.45) is 11.3 Å². The third kappa shape index (κ3) is 2.96. The Kier molecular flexibility index (Phi) is 4.67. The molecule has 1 aliphatic carbocycles. The Morgan fingerprint density at radius 1 is 1.33 bits per heavy atom. The minimum atomic E-state index is -0.429. The first-order valence-corrected chi connectivity index (χ1v) is 9.92. The minimum absolute atomic E-state index is 0.0791. The molecule has 0 spiro atoms. The van der Waals surface area contributed by atoms with Gasteiger partial charge in [-0.3, -0.25) is 4.79 Å². The van der Waals surface area contributed by atoms with Gasteiger partial charge in [0, 0.05) is 30.6 Å². The second-order valence-corrected chi connectivity index (χ2v) is 9.97. The van der Waals surface area contributed by atoms with Crippen LogP contribution in [0.1, 0.15) is 53.9 Å². The number of carbonyl (C=O) groups is 2. The quantitative estimate of drug-likeness (QED) is 0.710. The van der Waals surface area contributed by atoms with Crippen LogP contribution in [0, 0.1) is 11.3 Å². The fourth-order valence-electron chi connectivity index (χ4n) is 3.85. The molecule has 0 aromatic carbocycles. The van der Waals surface area contributed by atoms with Crippen molar-refractivity contribution in [3.05, 3.63) is 0 Å². The summed E-state index contributed by atoms with van der Waals surface area (Å²) in [5, 5.41) is 0. The molecule has 2 aliphatic heterocycles. The van der Waals surface area contributed by atoms with Crippen molar-refractivity contribution in [3.63, 3.8) is 0 Å². The van der Waals surface area contributed by atoms with Crippen LogP contribution in [0.3, 0.4) is 0 Å². The Hall–Kier alpha value is -0.750. The molecule has 2 heterocycles. The molecule has 3 fully saturated rings. The summed E-state index contributed by atoms with van der Waals surface area (Å²) in [5.74, 6) is 0.968. The van der Waals surface area contributed by atoms with Crippen LogP contribution in [0.5, 0.6) is 0 Å². The molecular weight excluding hydrogens is 326 g/mol. The third-order valence-electron chi connectivity index (χ3n) is 5.69. The van der Waals surface area contributed by atoms with Gasteiger partial charge >= 0.3 is 5.97 Å². The number of nitrogens with zero attached hydrogens (tertiary/aromatic N) is 1. The third-order valence-corrected chi connectivity index (χ3v) is 7.20. The second kappa shape index (κ2) is 6.20. The highest BCUT2D eigenvalue weighted by Crippen LogP contribution is 2.49. The monoisotopic (exact) mass is 355 g/mol. The van der Waals surface area contributed by atoms with E-state index in [0.29, 0.717) is 18.1 Å². The normalized spacial score (nSPS) is 37.5. The number of ether oxygens (including phenoxy) is 2. The topological polar surface area (TPSA) is 55.8 Å². The Balaban J connectivity index is 1.57. The fourth-order valence-corrected chi connectivity index (χ4v) is 5.27. The van der Waals surface area contributed by atoms with Crippen LogP contribution in [-0.4, -0.2) is 52.3 Å². The van der Waals surface area contributed by atoms with Gasteiger partial charge in [-0.05, 0) is 19.3 Å². The molecule has 5 nitrogen and oxygen atoms in total. The van der Waals surface area contributed by atoms with Crippen LogP contribution in [0.4, 0.5) is 0 Å². The molecule has 4 atom stereocenters. The number of amides is 1. The Morgan fingerprint density at radius 3 is 2.67 bits per heavy atom. The van der Waals surface area contributed by atoms with E-state index in [4.69, 9.17) is 9.47 Å². The number of rotatable bonds is 5. The fraction of sp³-hybridized carbons (Fsp3) is 0.889. The number of carbonyl (C=O) groups excluding carboxylic acids is 2. The summed E-state index contributed by atoms with van der Waals surface area (Å²) in [6.07, 6.45) is 2.11. The zero-order valence-corrected chi connectivity index (χ0v) is 16.1. The van der Waals surface area contributed by atoms with Crippen molar-refractivity contribution in [2.75, 3.05) is 12.4 Å². The predicted octanol–water partition coefficient (Wildman–Crippen LogP) is 2.82. The van der Waals surface area contributed by atoms with E-state index in [1.165, 1.54) is 0 Å². The summed E-state index contributed by atoms with van der Waals surface area (Å²) < 4.78 is 11.7. The number of hydrogen-bond donors (Lipinski definition) is 0. The molecule has 1 saturated carbocycles. The zero-order valence-electron chi connectivity index (χ0n) is 15.3. The highest BCUT2D eigenvalue weighted by Gasteiger charge is 2.56. The first-order chi connectivity index (χ1) is 11.1. The molecule has 0 bridgehead atoms. The van der Waals surface area contributed by atoms with Gasteiger partial charge in [0.15, 0.2) is 0 Å². The average Bonchev–Trinajstić information content (AvgIpc) is 2.98. The van der Waals surface area contributed by atoms with Gasteiger partial charge < -0.3 is 14.4 Å². The van der Waals surface area contributed by atoms with Crippen LogP contribution in [0.15, 0.2) is 0 Å². The molecule has 0 radical (unpaired) electrons. The molecule has 0 N–H and O–H groups in total. The standard InChI is InChI=1S/C18H29NO4S/c1-11(2)9-22-13-8-14(17(13,3)4)23-16(21)12-10-24-18(5)7-6-15(20)19(12)18/h11-14H,6-10H2,1-5H3/t12-,13+,14-,18+/m0/s1. The zero-order chi connectivity index (χ0) is 17.7. The average molecular weight is 356 g/mol. The smallest absolute Gasteiger partial charge is 0.330 e.